The molecule has 0 saturated carbocycles. The molecule has 0 radical (unpaired) electrons. The standard InChI is InChI=1S/C20H33ClN4O2/c1-4-22-20(24-18-9-11-25(12-10-18)13-14-26-3)23-15-16(2)27-19-7-5-17(21)6-8-19/h5-8,16,18H,4,9-15H2,1-3H3,(H2,22,23,24). The van der Waals surface area contributed by atoms with Crippen LogP contribution >= 0.6 is 11.6 Å². The lowest BCUT2D eigenvalue weighted by Crippen LogP contribution is -2.49. The molecule has 2 N–H and O–H groups in total. The van der Waals surface area contributed by atoms with Crippen LogP contribution in [0.1, 0.15) is 26.7 Å². The molecule has 1 unspecified atom stereocenters. The number of halogens is 1. The van der Waals surface area contributed by atoms with Gasteiger partial charge in [-0.1, -0.05) is 11.6 Å². The van der Waals surface area contributed by atoms with Crippen molar-refractivity contribution < 1.29 is 9.47 Å². The summed E-state index contributed by atoms with van der Waals surface area (Å²) in [6.45, 7) is 9.53. The number of piperidine rings is 1. The van der Waals surface area contributed by atoms with Crippen molar-refractivity contribution in [2.24, 2.45) is 4.99 Å². The molecule has 7 heteroatoms. The van der Waals surface area contributed by atoms with Crippen LogP contribution < -0.4 is 15.4 Å². The van der Waals surface area contributed by atoms with E-state index >= 15 is 0 Å². The second kappa shape index (κ2) is 12.1. The predicted octanol–water partition coefficient (Wildman–Crippen LogP) is 2.77. The SMILES string of the molecule is CCNC(=NCC(C)Oc1ccc(Cl)cc1)NC1CCN(CCOC)CC1. The largest absolute Gasteiger partial charge is 0.489 e. The molecule has 1 heterocycles. The lowest BCUT2D eigenvalue weighted by molar-refractivity contribution is 0.128. The Balaban J connectivity index is 1.78. The second-order valence-electron chi connectivity index (χ2n) is 6.86. The summed E-state index contributed by atoms with van der Waals surface area (Å²) in [4.78, 5) is 7.15. The van der Waals surface area contributed by atoms with Gasteiger partial charge < -0.3 is 25.0 Å². The second-order valence-corrected chi connectivity index (χ2v) is 7.29. The number of nitrogens with zero attached hydrogens (tertiary/aromatic N) is 2. The smallest absolute Gasteiger partial charge is 0.191 e. The first-order chi connectivity index (χ1) is 13.1. The molecule has 27 heavy (non-hydrogen) atoms. The van der Waals surface area contributed by atoms with Gasteiger partial charge in [0.1, 0.15) is 11.9 Å². The van der Waals surface area contributed by atoms with Gasteiger partial charge in [-0.3, -0.25) is 0 Å². The number of nitrogens with one attached hydrogen (secondary N) is 2. The maximum atomic E-state index is 5.91. The highest BCUT2D eigenvalue weighted by atomic mass is 35.5. The minimum Gasteiger partial charge on any atom is -0.489 e. The van der Waals surface area contributed by atoms with E-state index in [1.807, 2.05) is 31.2 Å². The van der Waals surface area contributed by atoms with E-state index in [2.05, 4.69) is 22.5 Å². The summed E-state index contributed by atoms with van der Waals surface area (Å²) < 4.78 is 11.1. The van der Waals surface area contributed by atoms with Gasteiger partial charge in [0.2, 0.25) is 0 Å². The molecule has 152 valence electrons. The van der Waals surface area contributed by atoms with Crippen LogP contribution in [0.2, 0.25) is 5.02 Å². The Bertz CT molecular complexity index is 560. The summed E-state index contributed by atoms with van der Waals surface area (Å²) in [6.07, 6.45) is 2.22. The molecular formula is C20H33ClN4O2. The molecule has 1 saturated heterocycles. The first kappa shape index (κ1) is 21.8. The zero-order chi connectivity index (χ0) is 19.5. The first-order valence-electron chi connectivity index (χ1n) is 9.79. The summed E-state index contributed by atoms with van der Waals surface area (Å²) >= 11 is 5.91. The van der Waals surface area contributed by atoms with Crippen LogP contribution in [-0.2, 0) is 4.74 Å². The van der Waals surface area contributed by atoms with E-state index in [1.165, 1.54) is 0 Å². The average Bonchev–Trinajstić information content (AvgIpc) is 2.67. The number of methoxy groups -OCH3 is 1. The highest BCUT2D eigenvalue weighted by molar-refractivity contribution is 6.30. The molecule has 1 aliphatic heterocycles. The van der Waals surface area contributed by atoms with Crippen LogP contribution in [-0.4, -0.2) is 69.4 Å². The van der Waals surface area contributed by atoms with E-state index in [9.17, 15) is 0 Å². The van der Waals surface area contributed by atoms with Crippen molar-refractivity contribution in [2.45, 2.75) is 38.8 Å². The summed E-state index contributed by atoms with van der Waals surface area (Å²) in [5.74, 6) is 1.67. The van der Waals surface area contributed by atoms with Gasteiger partial charge in [-0.05, 0) is 51.0 Å². The number of hydrogen-bond acceptors (Lipinski definition) is 4. The molecule has 6 nitrogen and oxygen atoms in total. The molecule has 0 bridgehead atoms. The first-order valence-corrected chi connectivity index (χ1v) is 10.2. The molecular weight excluding hydrogens is 364 g/mol. The molecule has 1 aliphatic rings. The van der Waals surface area contributed by atoms with E-state index < -0.39 is 0 Å². The molecule has 0 aliphatic carbocycles. The Labute approximate surface area is 168 Å². The van der Waals surface area contributed by atoms with Gasteiger partial charge in [0.25, 0.3) is 0 Å². The molecule has 1 aromatic carbocycles. The maximum absolute atomic E-state index is 5.91. The van der Waals surface area contributed by atoms with Crippen molar-refractivity contribution in [1.29, 1.82) is 0 Å². The van der Waals surface area contributed by atoms with Crippen molar-refractivity contribution in [3.05, 3.63) is 29.3 Å². The van der Waals surface area contributed by atoms with E-state index in [0.717, 1.165) is 57.3 Å². The van der Waals surface area contributed by atoms with Gasteiger partial charge in [-0.2, -0.15) is 0 Å². The molecule has 1 atom stereocenters. The lowest BCUT2D eigenvalue weighted by Gasteiger charge is -2.32. The van der Waals surface area contributed by atoms with E-state index in [-0.39, 0.29) is 6.10 Å². The third kappa shape index (κ3) is 8.37. The molecule has 0 spiro atoms. The number of hydrogen-bond donors (Lipinski definition) is 2. The Kier molecular flexibility index (Phi) is 9.73. The number of benzene rings is 1. The Morgan fingerprint density at radius 2 is 2.00 bits per heavy atom. The van der Waals surface area contributed by atoms with E-state index in [1.54, 1.807) is 7.11 Å². The minimum atomic E-state index is -0.0162. The van der Waals surface area contributed by atoms with Crippen molar-refractivity contribution in [3.63, 3.8) is 0 Å². The number of aliphatic imine (C=N–C) groups is 1. The Morgan fingerprint density at radius 3 is 2.63 bits per heavy atom. The lowest BCUT2D eigenvalue weighted by atomic mass is 10.1. The van der Waals surface area contributed by atoms with Gasteiger partial charge >= 0.3 is 0 Å². The zero-order valence-corrected chi connectivity index (χ0v) is 17.5. The summed E-state index contributed by atoms with van der Waals surface area (Å²) in [7, 11) is 1.76. The molecule has 1 fully saturated rings. The van der Waals surface area contributed by atoms with Crippen molar-refractivity contribution in [3.8, 4) is 5.75 Å². The third-order valence-corrected chi connectivity index (χ3v) is 4.79. The third-order valence-electron chi connectivity index (χ3n) is 4.54. The van der Waals surface area contributed by atoms with E-state index in [0.29, 0.717) is 17.6 Å². The summed E-state index contributed by atoms with van der Waals surface area (Å²) in [6, 6.07) is 7.87. The van der Waals surface area contributed by atoms with Crippen molar-refractivity contribution in [1.82, 2.24) is 15.5 Å². The monoisotopic (exact) mass is 396 g/mol. The highest BCUT2D eigenvalue weighted by Gasteiger charge is 2.19. The normalized spacial score (nSPS) is 17.6. The van der Waals surface area contributed by atoms with Gasteiger partial charge in [-0.25, -0.2) is 4.99 Å². The number of likely N-dealkylation sites (tertiary alicyclic amines) is 1. The van der Waals surface area contributed by atoms with Crippen LogP contribution in [0.3, 0.4) is 0 Å². The number of ether oxygens (including phenoxy) is 2. The molecule has 0 aromatic heterocycles. The highest BCUT2D eigenvalue weighted by Crippen LogP contribution is 2.16. The Hall–Kier alpha value is -1.50. The summed E-state index contributed by atoms with van der Waals surface area (Å²) in [5, 5.41) is 7.61. The fourth-order valence-corrected chi connectivity index (χ4v) is 3.16. The fraction of sp³-hybridized carbons (Fsp3) is 0.650. The number of rotatable bonds is 9. The van der Waals surface area contributed by atoms with Crippen LogP contribution in [0, 0.1) is 0 Å². The van der Waals surface area contributed by atoms with E-state index in [4.69, 9.17) is 26.1 Å². The zero-order valence-electron chi connectivity index (χ0n) is 16.7. The number of guanidine groups is 1. The van der Waals surface area contributed by atoms with Gasteiger partial charge in [0.15, 0.2) is 5.96 Å². The van der Waals surface area contributed by atoms with Crippen LogP contribution in [0.15, 0.2) is 29.3 Å². The fourth-order valence-electron chi connectivity index (χ4n) is 3.04. The topological polar surface area (TPSA) is 58.1 Å². The molecule has 0 amide bonds. The summed E-state index contributed by atoms with van der Waals surface area (Å²) in [5.41, 5.74) is 0. The molecule has 2 rings (SSSR count). The van der Waals surface area contributed by atoms with Crippen LogP contribution in [0.5, 0.6) is 5.75 Å². The van der Waals surface area contributed by atoms with Crippen LogP contribution in [0.4, 0.5) is 0 Å². The maximum Gasteiger partial charge on any atom is 0.191 e. The van der Waals surface area contributed by atoms with Crippen LogP contribution in [0.25, 0.3) is 0 Å². The average molecular weight is 397 g/mol. The minimum absolute atomic E-state index is 0.0162. The van der Waals surface area contributed by atoms with Gasteiger partial charge in [0, 0.05) is 44.4 Å². The van der Waals surface area contributed by atoms with Gasteiger partial charge in [0.05, 0.1) is 13.2 Å². The molecule has 1 aromatic rings. The quantitative estimate of drug-likeness (QED) is 0.496. The van der Waals surface area contributed by atoms with Crippen molar-refractivity contribution >= 4 is 17.6 Å². The Morgan fingerprint density at radius 1 is 1.30 bits per heavy atom. The van der Waals surface area contributed by atoms with Gasteiger partial charge in [-0.15, -0.1) is 0 Å². The predicted molar refractivity (Wildman–Crippen MR) is 112 cm³/mol. The van der Waals surface area contributed by atoms with Crippen molar-refractivity contribution in [2.75, 3.05) is 46.4 Å².